The van der Waals surface area contributed by atoms with Gasteiger partial charge in [0, 0.05) is 6.42 Å². The number of rotatable bonds is 16. The molecule has 27 heavy (non-hydrogen) atoms. The van der Waals surface area contributed by atoms with Crippen molar-refractivity contribution in [2.45, 2.75) is 90.0 Å². The van der Waals surface area contributed by atoms with Crippen LogP contribution in [0.2, 0.25) is 0 Å². The Hall–Kier alpha value is -1.87. The van der Waals surface area contributed by atoms with Gasteiger partial charge in [0.15, 0.2) is 5.96 Å². The van der Waals surface area contributed by atoms with E-state index in [9.17, 15) is 9.59 Å². The summed E-state index contributed by atoms with van der Waals surface area (Å²) in [5.41, 5.74) is 14.1. The van der Waals surface area contributed by atoms with Crippen molar-refractivity contribution in [1.82, 2.24) is 10.9 Å². The molecule has 9 heteroatoms. The predicted octanol–water partition coefficient (Wildman–Crippen LogP) is 1.59. The molecule has 0 aliphatic rings. The second kappa shape index (κ2) is 20.4. The zero-order chi connectivity index (χ0) is 20.9. The summed E-state index contributed by atoms with van der Waals surface area (Å²) in [4.78, 5) is 20.7. The third-order valence-corrected chi connectivity index (χ3v) is 3.89. The molecule has 160 valence electrons. The summed E-state index contributed by atoms with van der Waals surface area (Å²) in [6, 6.07) is -1.15. The van der Waals surface area contributed by atoms with Crippen LogP contribution in [0.1, 0.15) is 84.0 Å². The van der Waals surface area contributed by atoms with Crippen LogP contribution in [0.3, 0.4) is 0 Å². The SMILES string of the molecule is CCCCCCCCCCCCCC(N)=O.N=C(N)NN[C@@H](CO)C(=O)O. The molecule has 0 rings (SSSR count). The first kappa shape index (κ1) is 27.3. The number of carbonyl (C=O) groups is 2. The van der Waals surface area contributed by atoms with Crippen LogP contribution in [0.15, 0.2) is 0 Å². The molecule has 1 amide bonds. The van der Waals surface area contributed by atoms with E-state index >= 15 is 0 Å². The van der Waals surface area contributed by atoms with E-state index in [2.05, 4.69) is 12.3 Å². The second-order valence-corrected chi connectivity index (χ2v) is 6.51. The molecule has 0 fully saturated rings. The number of aliphatic hydroxyl groups excluding tert-OH is 1. The van der Waals surface area contributed by atoms with E-state index in [1.54, 1.807) is 0 Å². The van der Waals surface area contributed by atoms with Gasteiger partial charge < -0.3 is 21.7 Å². The topological polar surface area (TPSA) is 175 Å². The van der Waals surface area contributed by atoms with Gasteiger partial charge in [0.05, 0.1) is 6.61 Å². The quantitative estimate of drug-likeness (QED) is 0.0907. The van der Waals surface area contributed by atoms with Gasteiger partial charge in [-0.2, -0.15) is 0 Å². The molecule has 0 unspecified atom stereocenters. The molecule has 0 aromatic heterocycles. The zero-order valence-electron chi connectivity index (χ0n) is 16.6. The molecule has 0 aromatic rings. The van der Waals surface area contributed by atoms with Crippen LogP contribution in [0.5, 0.6) is 0 Å². The van der Waals surface area contributed by atoms with Crippen molar-refractivity contribution in [2.75, 3.05) is 6.61 Å². The van der Waals surface area contributed by atoms with Crippen LogP contribution >= 0.6 is 0 Å². The maximum atomic E-state index is 10.5. The number of aliphatic carboxylic acids is 1. The van der Waals surface area contributed by atoms with Crippen molar-refractivity contribution in [3.8, 4) is 0 Å². The summed E-state index contributed by atoms with van der Waals surface area (Å²) in [6.45, 7) is 1.68. The molecule has 0 spiro atoms. The van der Waals surface area contributed by atoms with Crippen LogP contribution in [0.4, 0.5) is 0 Å². The number of carbonyl (C=O) groups excluding carboxylic acids is 1. The number of nitrogens with two attached hydrogens (primary N) is 2. The number of unbranched alkanes of at least 4 members (excludes halogenated alkanes) is 10. The van der Waals surface area contributed by atoms with Gasteiger partial charge in [-0.15, -0.1) is 0 Å². The molecule has 0 heterocycles. The third kappa shape index (κ3) is 24.1. The summed E-state index contributed by atoms with van der Waals surface area (Å²) < 4.78 is 0. The van der Waals surface area contributed by atoms with Gasteiger partial charge in [0.1, 0.15) is 6.04 Å². The minimum absolute atomic E-state index is 0.157. The van der Waals surface area contributed by atoms with Gasteiger partial charge in [-0.3, -0.25) is 20.4 Å². The van der Waals surface area contributed by atoms with Crippen LogP contribution < -0.4 is 22.3 Å². The molecule has 9 nitrogen and oxygen atoms in total. The standard InChI is InChI=1S/C14H29NO.C4H10N4O3/c1-2-3-4-5-6-7-8-9-10-11-12-13-14(15)16;5-4(6)8-7-2(1-9)3(10)11/h2-13H2,1H3,(H2,15,16);2,7,9H,1H2,(H,10,11)(H4,5,6,8)/t;2-/m.0/s1. The van der Waals surface area contributed by atoms with E-state index in [4.69, 9.17) is 27.1 Å². The number of hydrogen-bond donors (Lipinski definition) is 7. The molecule has 0 aliphatic carbocycles. The Morgan fingerprint density at radius 1 is 0.926 bits per heavy atom. The smallest absolute Gasteiger partial charge is 0.324 e. The van der Waals surface area contributed by atoms with Crippen molar-refractivity contribution < 1.29 is 19.8 Å². The van der Waals surface area contributed by atoms with Crippen LogP contribution in [0, 0.1) is 5.41 Å². The number of hydrazine groups is 1. The van der Waals surface area contributed by atoms with E-state index in [1.165, 1.54) is 64.2 Å². The molecule has 1 atom stereocenters. The fourth-order valence-corrected chi connectivity index (χ4v) is 2.31. The molecule has 0 aromatic carbocycles. The summed E-state index contributed by atoms with van der Waals surface area (Å²) in [5, 5.41) is 23.4. The normalized spacial score (nSPS) is 11.2. The summed E-state index contributed by atoms with van der Waals surface area (Å²) in [5.74, 6) is -1.79. The van der Waals surface area contributed by atoms with E-state index < -0.39 is 24.6 Å². The Labute approximate surface area is 162 Å². The lowest BCUT2D eigenvalue weighted by Gasteiger charge is -2.11. The van der Waals surface area contributed by atoms with Gasteiger partial charge in [0.2, 0.25) is 5.91 Å². The summed E-state index contributed by atoms with van der Waals surface area (Å²) in [6.07, 6.45) is 15.0. The number of carboxylic acids is 1. The van der Waals surface area contributed by atoms with Gasteiger partial charge in [-0.1, -0.05) is 71.1 Å². The molecule has 0 radical (unpaired) electrons. The minimum atomic E-state index is -1.22. The zero-order valence-corrected chi connectivity index (χ0v) is 16.6. The van der Waals surface area contributed by atoms with E-state index in [0.717, 1.165) is 6.42 Å². The second-order valence-electron chi connectivity index (χ2n) is 6.51. The Kier molecular flexibility index (Phi) is 20.7. The van der Waals surface area contributed by atoms with Crippen molar-refractivity contribution in [3.05, 3.63) is 0 Å². The average Bonchev–Trinajstić information content (AvgIpc) is 2.60. The van der Waals surface area contributed by atoms with Gasteiger partial charge in [-0.25, -0.2) is 5.43 Å². The van der Waals surface area contributed by atoms with Crippen LogP contribution in [-0.2, 0) is 9.59 Å². The average molecular weight is 390 g/mol. The highest BCUT2D eigenvalue weighted by molar-refractivity contribution is 5.76. The summed E-state index contributed by atoms with van der Waals surface area (Å²) in [7, 11) is 0. The molecule has 0 aliphatic heterocycles. The van der Waals surface area contributed by atoms with Crippen molar-refractivity contribution in [2.24, 2.45) is 11.5 Å². The largest absolute Gasteiger partial charge is 0.480 e. The van der Waals surface area contributed by atoms with Crippen LogP contribution in [0.25, 0.3) is 0 Å². The van der Waals surface area contributed by atoms with Crippen molar-refractivity contribution >= 4 is 17.8 Å². The van der Waals surface area contributed by atoms with E-state index in [-0.39, 0.29) is 5.91 Å². The van der Waals surface area contributed by atoms with Crippen molar-refractivity contribution in [1.29, 1.82) is 5.41 Å². The number of aliphatic hydroxyl groups is 1. The Balaban J connectivity index is 0. The number of nitrogens with one attached hydrogen (secondary N) is 3. The highest BCUT2D eigenvalue weighted by atomic mass is 16.4. The number of guanidine groups is 1. The van der Waals surface area contributed by atoms with Gasteiger partial charge in [0.25, 0.3) is 0 Å². The highest BCUT2D eigenvalue weighted by Crippen LogP contribution is 2.11. The molecular formula is C18H39N5O4. The van der Waals surface area contributed by atoms with Crippen molar-refractivity contribution in [3.63, 3.8) is 0 Å². The number of primary amides is 1. The lowest BCUT2D eigenvalue weighted by molar-refractivity contribution is -0.140. The fraction of sp³-hybridized carbons (Fsp3) is 0.833. The lowest BCUT2D eigenvalue weighted by Crippen LogP contribution is -2.51. The van der Waals surface area contributed by atoms with E-state index in [0.29, 0.717) is 6.42 Å². The lowest BCUT2D eigenvalue weighted by atomic mass is 10.1. The minimum Gasteiger partial charge on any atom is -0.480 e. The highest BCUT2D eigenvalue weighted by Gasteiger charge is 2.14. The Morgan fingerprint density at radius 2 is 1.37 bits per heavy atom. The Bertz CT molecular complexity index is 394. The molecular weight excluding hydrogens is 350 g/mol. The third-order valence-electron chi connectivity index (χ3n) is 3.89. The van der Waals surface area contributed by atoms with Crippen LogP contribution in [-0.4, -0.2) is 40.7 Å². The molecule has 9 N–H and O–H groups in total. The molecule has 0 saturated heterocycles. The first-order valence-electron chi connectivity index (χ1n) is 9.82. The maximum absolute atomic E-state index is 10.5. The number of amides is 1. The van der Waals surface area contributed by atoms with Gasteiger partial charge >= 0.3 is 5.97 Å². The number of carboxylic acid groups (broad SMARTS) is 1. The first-order valence-corrected chi connectivity index (χ1v) is 9.82. The monoisotopic (exact) mass is 389 g/mol. The number of hydrogen-bond acceptors (Lipinski definition) is 5. The Morgan fingerprint density at radius 3 is 1.70 bits per heavy atom. The fourth-order valence-electron chi connectivity index (χ4n) is 2.31. The predicted molar refractivity (Wildman–Crippen MR) is 107 cm³/mol. The molecule has 0 saturated carbocycles. The summed E-state index contributed by atoms with van der Waals surface area (Å²) >= 11 is 0. The van der Waals surface area contributed by atoms with Gasteiger partial charge in [-0.05, 0) is 6.42 Å². The van der Waals surface area contributed by atoms with E-state index in [1.807, 2.05) is 5.43 Å². The molecule has 0 bridgehead atoms. The maximum Gasteiger partial charge on any atom is 0.324 e. The first-order chi connectivity index (χ1) is 12.8.